The number of carbonyl (C=O) groups excluding carboxylic acids is 1. The summed E-state index contributed by atoms with van der Waals surface area (Å²) in [4.78, 5) is 11.6. The van der Waals surface area contributed by atoms with E-state index in [9.17, 15) is 4.79 Å². The molecule has 0 saturated heterocycles. The van der Waals surface area contributed by atoms with Crippen LogP contribution in [-0.2, 0) is 0 Å². The van der Waals surface area contributed by atoms with Crippen LogP contribution in [0.4, 0.5) is 10.5 Å². The molecule has 0 saturated carbocycles. The summed E-state index contributed by atoms with van der Waals surface area (Å²) in [7, 11) is 4.55. The molecule has 7 heteroatoms. The number of nitrogens with two attached hydrogens (primary N) is 1. The van der Waals surface area contributed by atoms with Crippen LogP contribution < -0.4 is 30.6 Å². The number of methoxy groups -OCH3 is 3. The number of carbonyl (C=O) groups is 1. The zero-order valence-corrected chi connectivity index (χ0v) is 11.3. The zero-order chi connectivity index (χ0) is 14.3. The van der Waals surface area contributed by atoms with Gasteiger partial charge in [-0.05, 0) is 0 Å². The summed E-state index contributed by atoms with van der Waals surface area (Å²) in [6, 6.07) is 2.90. The quantitative estimate of drug-likeness (QED) is 0.710. The minimum atomic E-state index is -0.365. The third kappa shape index (κ3) is 3.92. The minimum absolute atomic E-state index is 0.365. The number of anilines is 1. The molecule has 1 aromatic carbocycles. The van der Waals surface area contributed by atoms with Crippen molar-refractivity contribution < 1.29 is 19.0 Å². The van der Waals surface area contributed by atoms with Gasteiger partial charge >= 0.3 is 6.03 Å². The molecule has 19 heavy (non-hydrogen) atoms. The second-order valence-electron chi connectivity index (χ2n) is 3.58. The average molecular weight is 269 g/mol. The molecule has 4 N–H and O–H groups in total. The predicted molar refractivity (Wildman–Crippen MR) is 72.2 cm³/mol. The topological polar surface area (TPSA) is 94.8 Å². The molecule has 2 amide bonds. The molecule has 7 nitrogen and oxygen atoms in total. The summed E-state index contributed by atoms with van der Waals surface area (Å²) < 4.78 is 15.5. The van der Waals surface area contributed by atoms with Gasteiger partial charge in [0, 0.05) is 25.2 Å². The Hall–Kier alpha value is -2.15. The highest BCUT2D eigenvalue weighted by Gasteiger charge is 2.13. The third-order valence-electron chi connectivity index (χ3n) is 2.38. The van der Waals surface area contributed by atoms with E-state index >= 15 is 0 Å². The van der Waals surface area contributed by atoms with Crippen LogP contribution in [-0.4, -0.2) is 40.5 Å². The predicted octanol–water partition coefficient (Wildman–Crippen LogP) is 0.793. The van der Waals surface area contributed by atoms with Gasteiger partial charge in [-0.15, -0.1) is 0 Å². The van der Waals surface area contributed by atoms with Crippen molar-refractivity contribution in [2.45, 2.75) is 0 Å². The van der Waals surface area contributed by atoms with Crippen LogP contribution in [0.3, 0.4) is 0 Å². The standard InChI is InChI=1S/C12H19N3O4/c1-17-9-7-11(19-3)10(18-2)6-8(9)15-12(16)14-5-4-13/h6-7H,4-5,13H2,1-3H3,(H2,14,15,16). The van der Waals surface area contributed by atoms with E-state index in [0.29, 0.717) is 36.0 Å². The molecule has 0 unspecified atom stereocenters. The second-order valence-corrected chi connectivity index (χ2v) is 3.58. The lowest BCUT2D eigenvalue weighted by Gasteiger charge is -2.15. The number of nitrogens with one attached hydrogen (secondary N) is 2. The lowest BCUT2D eigenvalue weighted by atomic mass is 10.2. The zero-order valence-electron chi connectivity index (χ0n) is 11.3. The third-order valence-corrected chi connectivity index (χ3v) is 2.38. The van der Waals surface area contributed by atoms with Crippen molar-refractivity contribution in [1.29, 1.82) is 0 Å². The highest BCUT2D eigenvalue weighted by atomic mass is 16.5. The Bertz CT molecular complexity index is 437. The van der Waals surface area contributed by atoms with E-state index in [1.165, 1.54) is 21.3 Å². The number of rotatable bonds is 6. The van der Waals surface area contributed by atoms with Crippen LogP contribution >= 0.6 is 0 Å². The number of hydrogen-bond acceptors (Lipinski definition) is 5. The Morgan fingerprint density at radius 3 is 2.21 bits per heavy atom. The number of urea groups is 1. The van der Waals surface area contributed by atoms with Crippen molar-refractivity contribution in [1.82, 2.24) is 5.32 Å². The van der Waals surface area contributed by atoms with Gasteiger partial charge in [-0.1, -0.05) is 0 Å². The lowest BCUT2D eigenvalue weighted by molar-refractivity contribution is 0.252. The molecule has 0 atom stereocenters. The fraction of sp³-hybridized carbons (Fsp3) is 0.417. The van der Waals surface area contributed by atoms with Crippen LogP contribution in [0.2, 0.25) is 0 Å². The Balaban J connectivity index is 2.95. The van der Waals surface area contributed by atoms with Crippen molar-refractivity contribution >= 4 is 11.7 Å². The Labute approximate surface area is 112 Å². The molecule has 0 aromatic heterocycles. The first-order chi connectivity index (χ1) is 9.15. The summed E-state index contributed by atoms with van der Waals surface area (Å²) in [5.41, 5.74) is 5.79. The fourth-order valence-corrected chi connectivity index (χ4v) is 1.48. The Morgan fingerprint density at radius 2 is 1.68 bits per heavy atom. The molecule has 0 heterocycles. The molecule has 0 spiro atoms. The van der Waals surface area contributed by atoms with Crippen LogP contribution in [0, 0.1) is 0 Å². The van der Waals surface area contributed by atoms with E-state index < -0.39 is 0 Å². The van der Waals surface area contributed by atoms with Crippen LogP contribution in [0.5, 0.6) is 17.2 Å². The normalized spacial score (nSPS) is 9.68. The molecule has 0 radical (unpaired) electrons. The average Bonchev–Trinajstić information content (AvgIpc) is 2.44. The van der Waals surface area contributed by atoms with E-state index in [0.717, 1.165) is 0 Å². The molecule has 0 aliphatic carbocycles. The van der Waals surface area contributed by atoms with Crippen LogP contribution in [0.1, 0.15) is 0 Å². The maximum absolute atomic E-state index is 11.6. The van der Waals surface area contributed by atoms with E-state index in [-0.39, 0.29) is 6.03 Å². The molecule has 1 aromatic rings. The highest BCUT2D eigenvalue weighted by molar-refractivity contribution is 5.91. The molecule has 106 valence electrons. The van der Waals surface area contributed by atoms with E-state index in [4.69, 9.17) is 19.9 Å². The van der Waals surface area contributed by atoms with Gasteiger partial charge in [0.05, 0.1) is 27.0 Å². The lowest BCUT2D eigenvalue weighted by Crippen LogP contribution is -2.32. The number of ether oxygens (including phenoxy) is 3. The van der Waals surface area contributed by atoms with Gasteiger partial charge in [0.15, 0.2) is 11.5 Å². The second kappa shape index (κ2) is 7.32. The van der Waals surface area contributed by atoms with Gasteiger partial charge in [0.25, 0.3) is 0 Å². The molecule has 0 aliphatic rings. The van der Waals surface area contributed by atoms with Crippen LogP contribution in [0.15, 0.2) is 12.1 Å². The largest absolute Gasteiger partial charge is 0.494 e. The van der Waals surface area contributed by atoms with Gasteiger partial charge in [0.1, 0.15) is 5.75 Å². The Morgan fingerprint density at radius 1 is 1.11 bits per heavy atom. The SMILES string of the molecule is COc1cc(OC)c(OC)cc1NC(=O)NCCN. The van der Waals surface area contributed by atoms with E-state index in [1.807, 2.05) is 0 Å². The van der Waals surface area contributed by atoms with Crippen molar-refractivity contribution in [2.75, 3.05) is 39.7 Å². The van der Waals surface area contributed by atoms with E-state index in [1.54, 1.807) is 12.1 Å². The van der Waals surface area contributed by atoms with Crippen molar-refractivity contribution in [3.63, 3.8) is 0 Å². The van der Waals surface area contributed by atoms with Gasteiger partial charge in [-0.2, -0.15) is 0 Å². The van der Waals surface area contributed by atoms with Crippen molar-refractivity contribution in [3.8, 4) is 17.2 Å². The minimum Gasteiger partial charge on any atom is -0.494 e. The highest BCUT2D eigenvalue weighted by Crippen LogP contribution is 2.37. The smallest absolute Gasteiger partial charge is 0.319 e. The number of hydrogen-bond donors (Lipinski definition) is 3. The summed E-state index contributed by atoms with van der Waals surface area (Å²) in [6.07, 6.45) is 0. The summed E-state index contributed by atoms with van der Waals surface area (Å²) in [5.74, 6) is 1.49. The number of amides is 2. The summed E-state index contributed by atoms with van der Waals surface area (Å²) in [6.45, 7) is 0.762. The molecule has 0 bridgehead atoms. The summed E-state index contributed by atoms with van der Waals surface area (Å²) >= 11 is 0. The first-order valence-corrected chi connectivity index (χ1v) is 5.71. The maximum atomic E-state index is 11.6. The van der Waals surface area contributed by atoms with Gasteiger partial charge in [-0.25, -0.2) is 4.79 Å². The molecule has 1 rings (SSSR count). The number of benzene rings is 1. The maximum Gasteiger partial charge on any atom is 0.319 e. The molecule has 0 fully saturated rings. The molecular weight excluding hydrogens is 250 g/mol. The molecule has 0 aliphatic heterocycles. The Kier molecular flexibility index (Phi) is 5.74. The first kappa shape index (κ1) is 14.9. The van der Waals surface area contributed by atoms with Gasteiger partial charge < -0.3 is 30.6 Å². The van der Waals surface area contributed by atoms with Crippen LogP contribution in [0.25, 0.3) is 0 Å². The van der Waals surface area contributed by atoms with Crippen molar-refractivity contribution in [3.05, 3.63) is 12.1 Å². The van der Waals surface area contributed by atoms with Gasteiger partial charge in [0.2, 0.25) is 0 Å². The van der Waals surface area contributed by atoms with Gasteiger partial charge in [-0.3, -0.25) is 0 Å². The van der Waals surface area contributed by atoms with Crippen molar-refractivity contribution in [2.24, 2.45) is 5.73 Å². The first-order valence-electron chi connectivity index (χ1n) is 5.71. The van der Waals surface area contributed by atoms with E-state index in [2.05, 4.69) is 10.6 Å². The fourth-order valence-electron chi connectivity index (χ4n) is 1.48. The monoisotopic (exact) mass is 269 g/mol. The summed E-state index contributed by atoms with van der Waals surface area (Å²) in [5, 5.41) is 5.25. The molecular formula is C12H19N3O4.